The molecule has 1 rings (SSSR count). The lowest BCUT2D eigenvalue weighted by molar-refractivity contribution is -0.611. The molecule has 0 aromatic heterocycles. The molecular formula is C12H18F12I2O3. The predicted molar refractivity (Wildman–Crippen MR) is 95.5 cm³/mol. The SMILES string of the molecule is C.C.CC1(F)OC(F)(OCC(F)(F)F)C(F)(C(F)(F)F)OC1(F)F.CCF.II. The van der Waals surface area contributed by atoms with Gasteiger partial charge in [-0.2, -0.15) is 43.9 Å². The van der Waals surface area contributed by atoms with Crippen LogP contribution in [0.25, 0.3) is 0 Å². The summed E-state index contributed by atoms with van der Waals surface area (Å²) < 4.78 is 158. The van der Waals surface area contributed by atoms with Crippen molar-refractivity contribution in [1.82, 2.24) is 0 Å². The van der Waals surface area contributed by atoms with Crippen LogP contribution in [0.1, 0.15) is 28.7 Å². The van der Waals surface area contributed by atoms with Gasteiger partial charge in [0.15, 0.2) is 0 Å². The fraction of sp³-hybridized carbons (Fsp3) is 1.00. The number of rotatable bonds is 2. The van der Waals surface area contributed by atoms with Crippen LogP contribution < -0.4 is 0 Å². The van der Waals surface area contributed by atoms with E-state index in [1.165, 1.54) is 6.92 Å². The Morgan fingerprint density at radius 2 is 1.21 bits per heavy atom. The van der Waals surface area contributed by atoms with Crippen LogP contribution in [0, 0.1) is 0 Å². The molecular weight excluding hydrogens is 674 g/mol. The summed E-state index contributed by atoms with van der Waals surface area (Å²) in [5, 5.41) is 0. The van der Waals surface area contributed by atoms with Crippen molar-refractivity contribution in [2.24, 2.45) is 0 Å². The van der Waals surface area contributed by atoms with E-state index in [-0.39, 0.29) is 21.5 Å². The molecule has 0 radical (unpaired) electrons. The first kappa shape index (κ1) is 36.8. The molecule has 0 N–H and O–H groups in total. The third-order valence-corrected chi connectivity index (χ3v) is 2.28. The number of halogens is 14. The molecule has 1 heterocycles. The van der Waals surface area contributed by atoms with Gasteiger partial charge in [0.25, 0.3) is 0 Å². The predicted octanol–water partition coefficient (Wildman–Crippen LogP) is 7.76. The fourth-order valence-electron chi connectivity index (χ4n) is 1.22. The van der Waals surface area contributed by atoms with Gasteiger partial charge < -0.3 is 4.74 Å². The summed E-state index contributed by atoms with van der Waals surface area (Å²) in [7, 11) is 0. The Kier molecular flexibility index (Phi) is 15.9. The van der Waals surface area contributed by atoms with Crippen molar-refractivity contribution in [3.63, 3.8) is 0 Å². The van der Waals surface area contributed by atoms with E-state index in [9.17, 15) is 52.7 Å². The zero-order valence-electron chi connectivity index (χ0n) is 12.9. The van der Waals surface area contributed by atoms with E-state index in [0.717, 1.165) is 0 Å². The third kappa shape index (κ3) is 9.26. The molecule has 182 valence electrons. The Labute approximate surface area is 182 Å². The van der Waals surface area contributed by atoms with E-state index < -0.39 is 49.7 Å². The second-order valence-electron chi connectivity index (χ2n) is 4.44. The van der Waals surface area contributed by atoms with Crippen LogP contribution in [0.4, 0.5) is 52.7 Å². The van der Waals surface area contributed by atoms with Crippen molar-refractivity contribution >= 4 is 37.2 Å². The van der Waals surface area contributed by atoms with Gasteiger partial charge in [0, 0.05) is 44.2 Å². The fourth-order valence-corrected chi connectivity index (χ4v) is 1.22. The van der Waals surface area contributed by atoms with E-state index in [2.05, 4.69) is 51.4 Å². The maximum Gasteiger partial charge on any atom is 0.457 e. The van der Waals surface area contributed by atoms with Gasteiger partial charge in [-0.1, -0.05) is 14.9 Å². The first-order chi connectivity index (χ1) is 11.8. The van der Waals surface area contributed by atoms with Crippen LogP contribution in [0.2, 0.25) is 0 Å². The second kappa shape index (κ2) is 12.5. The van der Waals surface area contributed by atoms with Crippen molar-refractivity contribution in [1.29, 1.82) is 0 Å². The number of ether oxygens (including phenoxy) is 3. The minimum absolute atomic E-state index is 0. The van der Waals surface area contributed by atoms with E-state index >= 15 is 0 Å². The lowest BCUT2D eigenvalue weighted by Gasteiger charge is -2.48. The molecule has 0 spiro atoms. The van der Waals surface area contributed by atoms with Crippen LogP contribution in [-0.2, 0) is 14.2 Å². The highest BCUT2D eigenvalue weighted by Gasteiger charge is 2.84. The highest BCUT2D eigenvalue weighted by Crippen LogP contribution is 2.57. The summed E-state index contributed by atoms with van der Waals surface area (Å²) in [6.45, 7) is -2.09. The molecule has 0 aliphatic carbocycles. The summed E-state index contributed by atoms with van der Waals surface area (Å²) in [6, 6.07) is -5.67. The molecule has 3 nitrogen and oxygen atoms in total. The first-order valence-corrected chi connectivity index (χ1v) is 12.4. The molecule has 3 atom stereocenters. The van der Waals surface area contributed by atoms with Crippen molar-refractivity contribution in [3.05, 3.63) is 0 Å². The number of hydrogen-bond donors (Lipinski definition) is 0. The van der Waals surface area contributed by atoms with Crippen molar-refractivity contribution in [2.45, 2.75) is 64.9 Å². The summed E-state index contributed by atoms with van der Waals surface area (Å²) >= 11 is 4.24. The van der Waals surface area contributed by atoms with Crippen molar-refractivity contribution in [3.8, 4) is 0 Å². The summed E-state index contributed by atoms with van der Waals surface area (Å²) in [5.41, 5.74) is 0. The van der Waals surface area contributed by atoms with Crippen LogP contribution in [0.3, 0.4) is 0 Å². The van der Waals surface area contributed by atoms with E-state index in [1.807, 2.05) is 0 Å². The normalized spacial score (nSPS) is 31.0. The largest absolute Gasteiger partial charge is 0.457 e. The highest BCUT2D eigenvalue weighted by atomic mass is 128. The van der Waals surface area contributed by atoms with Gasteiger partial charge in [-0.15, -0.1) is 0 Å². The smallest absolute Gasteiger partial charge is 0.309 e. The van der Waals surface area contributed by atoms with Gasteiger partial charge in [0.2, 0.25) is 0 Å². The van der Waals surface area contributed by atoms with Crippen molar-refractivity contribution in [2.75, 3.05) is 13.3 Å². The monoisotopic (exact) mass is 692 g/mol. The average Bonchev–Trinajstić information content (AvgIpc) is 2.44. The summed E-state index contributed by atoms with van der Waals surface area (Å²) in [6.07, 6.45) is -17.9. The first-order valence-electron chi connectivity index (χ1n) is 6.11. The molecule has 29 heavy (non-hydrogen) atoms. The average molecular weight is 692 g/mol. The van der Waals surface area contributed by atoms with Gasteiger partial charge in [-0.3, -0.25) is 13.9 Å². The van der Waals surface area contributed by atoms with E-state index in [1.54, 1.807) is 0 Å². The number of alkyl halides is 12. The lowest BCUT2D eigenvalue weighted by atomic mass is 10.2. The molecule has 0 aromatic carbocycles. The Hall–Kier alpha value is 0.500. The Balaban J connectivity index is -0.000000407. The van der Waals surface area contributed by atoms with Crippen LogP contribution in [-0.4, -0.2) is 49.5 Å². The minimum Gasteiger partial charge on any atom is -0.309 e. The maximum atomic E-state index is 13.7. The molecule has 3 unspecified atom stereocenters. The zero-order valence-corrected chi connectivity index (χ0v) is 17.2. The van der Waals surface area contributed by atoms with Crippen LogP contribution in [0.15, 0.2) is 0 Å². The molecule has 0 bridgehead atoms. The molecule has 0 amide bonds. The number of hydrogen-bond acceptors (Lipinski definition) is 3. The molecule has 17 heteroatoms. The van der Waals surface area contributed by atoms with Crippen LogP contribution >= 0.6 is 37.2 Å². The zero-order chi connectivity index (χ0) is 22.5. The summed E-state index contributed by atoms with van der Waals surface area (Å²) in [5.74, 6) is -11.0. The quantitative estimate of drug-likeness (QED) is 0.219. The Bertz CT molecular complexity index is 460. The van der Waals surface area contributed by atoms with Gasteiger partial charge in [-0.05, 0) is 6.92 Å². The maximum absolute atomic E-state index is 13.7. The molecule has 1 aliphatic heterocycles. The topological polar surface area (TPSA) is 27.7 Å². The van der Waals surface area contributed by atoms with Crippen LogP contribution in [0.5, 0.6) is 0 Å². The van der Waals surface area contributed by atoms with Gasteiger partial charge in [0.05, 0.1) is 6.67 Å². The molecule has 1 aliphatic rings. The lowest BCUT2D eigenvalue weighted by Crippen LogP contribution is -2.73. The molecule has 0 aromatic rings. The molecule has 0 saturated carbocycles. The van der Waals surface area contributed by atoms with Gasteiger partial charge in [0.1, 0.15) is 6.61 Å². The molecule has 1 fully saturated rings. The standard InChI is InChI=1S/C8H5F11O3.C2H5F.2CH4.I2/c1-3(9)7(17,18)22-5(13,6(14,15)16)8(19,21-3)20-2-4(10,11)12;1-2-3;;;1-2/h2H2,1H3;2H2,1H3;2*1H4;. The Morgan fingerprint density at radius 3 is 1.48 bits per heavy atom. The van der Waals surface area contributed by atoms with Gasteiger partial charge >= 0.3 is 36.2 Å². The minimum atomic E-state index is -6.69. The summed E-state index contributed by atoms with van der Waals surface area (Å²) in [4.78, 5) is 0. The second-order valence-corrected chi connectivity index (χ2v) is 4.44. The highest BCUT2D eigenvalue weighted by molar-refractivity contribution is 15.0. The van der Waals surface area contributed by atoms with E-state index in [0.29, 0.717) is 0 Å². The Morgan fingerprint density at radius 1 is 0.862 bits per heavy atom. The van der Waals surface area contributed by atoms with Crippen molar-refractivity contribution < 1.29 is 66.9 Å². The third-order valence-electron chi connectivity index (χ3n) is 2.28. The molecule has 1 saturated heterocycles. The van der Waals surface area contributed by atoms with E-state index in [4.69, 9.17) is 0 Å². The van der Waals surface area contributed by atoms with Gasteiger partial charge in [-0.25, -0.2) is 4.39 Å².